The Bertz CT molecular complexity index is 2480. The topological polar surface area (TPSA) is 3.24 Å². The maximum Gasteiger partial charge on any atom is 0.0618 e. The van der Waals surface area contributed by atoms with Crippen molar-refractivity contribution in [1.29, 1.82) is 0 Å². The van der Waals surface area contributed by atoms with Crippen LogP contribution in [0.15, 0.2) is 188 Å². The monoisotopic (exact) mass is 667 g/mol. The van der Waals surface area contributed by atoms with E-state index in [1.807, 2.05) is 0 Å². The van der Waals surface area contributed by atoms with Gasteiger partial charge in [0.25, 0.3) is 0 Å². The van der Waals surface area contributed by atoms with E-state index in [0.717, 1.165) is 5.69 Å². The Labute approximate surface area is 306 Å². The lowest BCUT2D eigenvalue weighted by molar-refractivity contribution is 0.640. The van der Waals surface area contributed by atoms with Crippen LogP contribution in [0.25, 0.3) is 43.1 Å². The number of anilines is 3. The van der Waals surface area contributed by atoms with Crippen LogP contribution in [0.5, 0.6) is 0 Å². The summed E-state index contributed by atoms with van der Waals surface area (Å²) >= 11 is 0. The second-order valence-corrected chi connectivity index (χ2v) is 14.6. The summed E-state index contributed by atoms with van der Waals surface area (Å²) in [5.74, 6) is 0.346. The number of hydrogen-bond acceptors (Lipinski definition) is 1. The van der Waals surface area contributed by atoms with E-state index in [4.69, 9.17) is 0 Å². The second-order valence-electron chi connectivity index (χ2n) is 14.6. The predicted molar refractivity (Wildman–Crippen MR) is 224 cm³/mol. The van der Waals surface area contributed by atoms with E-state index in [1.54, 1.807) is 0 Å². The zero-order valence-corrected chi connectivity index (χ0v) is 29.9. The largest absolute Gasteiger partial charge is 0.308 e. The van der Waals surface area contributed by atoms with Crippen LogP contribution in [0, 0.1) is 0 Å². The minimum Gasteiger partial charge on any atom is -0.308 e. The number of nitrogens with zero attached hydrogens (tertiary/aromatic N) is 1. The molecule has 0 fully saturated rings. The van der Waals surface area contributed by atoms with Crippen LogP contribution in [-0.4, -0.2) is 0 Å². The fourth-order valence-corrected chi connectivity index (χ4v) is 8.15. The molecule has 0 aliphatic heterocycles. The van der Waals surface area contributed by atoms with E-state index in [2.05, 4.69) is 214 Å². The second kappa shape index (κ2) is 12.9. The number of benzene rings is 9. The molecular weight excluding hydrogens is 627 g/mol. The Morgan fingerprint density at radius 3 is 1.15 bits per heavy atom. The van der Waals surface area contributed by atoms with Crippen molar-refractivity contribution in [1.82, 2.24) is 0 Å². The highest BCUT2D eigenvalue weighted by Crippen LogP contribution is 2.49. The van der Waals surface area contributed by atoms with Crippen molar-refractivity contribution in [2.75, 3.05) is 4.90 Å². The molecule has 9 aromatic rings. The van der Waals surface area contributed by atoms with E-state index in [1.165, 1.54) is 76.7 Å². The van der Waals surface area contributed by atoms with Crippen molar-refractivity contribution in [3.8, 4) is 0 Å². The van der Waals surface area contributed by atoms with Crippen molar-refractivity contribution in [3.05, 3.63) is 210 Å². The van der Waals surface area contributed by atoms with Gasteiger partial charge < -0.3 is 4.90 Å². The molecule has 0 radical (unpaired) electrons. The van der Waals surface area contributed by atoms with Crippen LogP contribution in [0.1, 0.15) is 48.9 Å². The fraction of sp³-hybridized carbons (Fsp3) is 0.0980. The Balaban J connectivity index is 1.22. The molecule has 0 bridgehead atoms. The summed E-state index contributed by atoms with van der Waals surface area (Å²) in [5, 5.41) is 9.84. The molecule has 0 aliphatic carbocycles. The van der Waals surface area contributed by atoms with Crippen LogP contribution in [-0.2, 0) is 5.41 Å². The van der Waals surface area contributed by atoms with E-state index in [0.29, 0.717) is 5.92 Å². The highest BCUT2D eigenvalue weighted by atomic mass is 15.1. The van der Waals surface area contributed by atoms with Gasteiger partial charge in [-0.1, -0.05) is 185 Å². The first-order valence-corrected chi connectivity index (χ1v) is 18.3. The molecule has 52 heavy (non-hydrogen) atoms. The third-order valence-electron chi connectivity index (χ3n) is 11.2. The minimum absolute atomic E-state index is 0.184. The van der Waals surface area contributed by atoms with E-state index >= 15 is 0 Å². The average molecular weight is 668 g/mol. The van der Waals surface area contributed by atoms with Crippen molar-refractivity contribution in [2.24, 2.45) is 0 Å². The summed E-state index contributed by atoms with van der Waals surface area (Å²) in [6, 6.07) is 69.3. The Morgan fingerprint density at radius 2 is 0.731 bits per heavy atom. The minimum atomic E-state index is -0.184. The first-order chi connectivity index (χ1) is 25.5. The Hall–Kier alpha value is -6.18. The summed E-state index contributed by atoms with van der Waals surface area (Å²) in [5.41, 5.74) is 8.61. The zero-order chi connectivity index (χ0) is 35.2. The van der Waals surface area contributed by atoms with Gasteiger partial charge in [0.1, 0.15) is 0 Å². The Morgan fingerprint density at radius 1 is 0.385 bits per heavy atom. The third-order valence-corrected chi connectivity index (χ3v) is 11.2. The van der Waals surface area contributed by atoms with Gasteiger partial charge in [-0.25, -0.2) is 0 Å². The maximum absolute atomic E-state index is 2.53. The maximum atomic E-state index is 2.53. The predicted octanol–water partition coefficient (Wildman–Crippen LogP) is 14.2. The molecule has 9 rings (SSSR count). The summed E-state index contributed by atoms with van der Waals surface area (Å²) in [7, 11) is 0. The smallest absolute Gasteiger partial charge is 0.0618 e. The van der Waals surface area contributed by atoms with Crippen LogP contribution in [0.2, 0.25) is 0 Å². The van der Waals surface area contributed by atoms with Gasteiger partial charge in [0, 0.05) is 38.6 Å². The standard InChI is InChI=1S/C51H41N/c1-35(36-15-5-4-6-16-36)37-25-27-42(28-26-37)51(2,3)43-29-31-44(32-30-43)52(49-45-21-11-7-17-38(45)33-39-18-8-12-22-46(39)49)50-47-23-13-9-19-40(47)34-41-20-10-14-24-48(41)50/h4-35H,1-3H3. The first-order valence-electron chi connectivity index (χ1n) is 18.3. The van der Waals surface area contributed by atoms with Crippen molar-refractivity contribution >= 4 is 60.2 Å². The quantitative estimate of drug-likeness (QED) is 0.153. The van der Waals surface area contributed by atoms with Gasteiger partial charge in [-0.15, -0.1) is 0 Å². The van der Waals surface area contributed by atoms with E-state index < -0.39 is 0 Å². The van der Waals surface area contributed by atoms with Crippen molar-refractivity contribution in [2.45, 2.75) is 32.1 Å². The molecule has 0 saturated carbocycles. The van der Waals surface area contributed by atoms with Gasteiger partial charge in [0.05, 0.1) is 11.4 Å². The highest BCUT2D eigenvalue weighted by molar-refractivity contribution is 6.20. The molecule has 0 aliphatic rings. The lowest BCUT2D eigenvalue weighted by atomic mass is 9.77. The number of rotatable bonds is 7. The van der Waals surface area contributed by atoms with Gasteiger partial charge in [-0.2, -0.15) is 0 Å². The van der Waals surface area contributed by atoms with Gasteiger partial charge in [-0.3, -0.25) is 0 Å². The van der Waals surface area contributed by atoms with E-state index in [9.17, 15) is 0 Å². The molecule has 0 heterocycles. The molecule has 0 aromatic heterocycles. The molecule has 0 saturated heterocycles. The van der Waals surface area contributed by atoms with Gasteiger partial charge >= 0.3 is 0 Å². The SMILES string of the molecule is CC(c1ccccc1)c1ccc(C(C)(C)c2ccc(N(c3c4ccccc4cc4ccccc34)c3c4ccccc4cc4ccccc34)cc2)cc1. The summed E-state index contributed by atoms with van der Waals surface area (Å²) in [6.07, 6.45) is 0. The van der Waals surface area contributed by atoms with Crippen LogP contribution in [0.3, 0.4) is 0 Å². The molecule has 0 N–H and O–H groups in total. The molecule has 1 unspecified atom stereocenters. The molecule has 0 amide bonds. The fourth-order valence-electron chi connectivity index (χ4n) is 8.15. The molecule has 0 spiro atoms. The van der Waals surface area contributed by atoms with Crippen LogP contribution >= 0.6 is 0 Å². The lowest BCUT2D eigenvalue weighted by Crippen LogP contribution is -2.19. The van der Waals surface area contributed by atoms with Crippen molar-refractivity contribution < 1.29 is 0 Å². The van der Waals surface area contributed by atoms with Crippen LogP contribution < -0.4 is 4.90 Å². The van der Waals surface area contributed by atoms with Gasteiger partial charge in [0.15, 0.2) is 0 Å². The lowest BCUT2D eigenvalue weighted by Gasteiger charge is -2.32. The summed E-state index contributed by atoms with van der Waals surface area (Å²) in [4.78, 5) is 2.53. The molecule has 1 nitrogen and oxygen atoms in total. The van der Waals surface area contributed by atoms with Crippen LogP contribution in [0.4, 0.5) is 17.1 Å². The van der Waals surface area contributed by atoms with Gasteiger partial charge in [-0.05, 0) is 68.1 Å². The number of fused-ring (bicyclic) bond motifs is 4. The Kier molecular flexibility index (Phi) is 7.86. The molecule has 1 atom stereocenters. The first kappa shape index (κ1) is 31.8. The third kappa shape index (κ3) is 5.41. The summed E-state index contributed by atoms with van der Waals surface area (Å²) in [6.45, 7) is 6.97. The highest BCUT2D eigenvalue weighted by Gasteiger charge is 2.26. The molecule has 9 aromatic carbocycles. The van der Waals surface area contributed by atoms with E-state index in [-0.39, 0.29) is 5.41 Å². The molecule has 250 valence electrons. The molecule has 1 heteroatoms. The summed E-state index contributed by atoms with van der Waals surface area (Å²) < 4.78 is 0. The van der Waals surface area contributed by atoms with Crippen molar-refractivity contribution in [3.63, 3.8) is 0 Å². The molecular formula is C51H41N. The van der Waals surface area contributed by atoms with Gasteiger partial charge in [0.2, 0.25) is 0 Å². The normalized spacial score (nSPS) is 12.4. The zero-order valence-electron chi connectivity index (χ0n) is 29.9. The average Bonchev–Trinajstić information content (AvgIpc) is 3.20. The number of hydrogen-bond donors (Lipinski definition) is 0.